The first-order valence-corrected chi connectivity index (χ1v) is 9.10. The van der Waals surface area contributed by atoms with Gasteiger partial charge in [0.1, 0.15) is 4.21 Å². The highest BCUT2D eigenvalue weighted by molar-refractivity contribution is 7.91. The van der Waals surface area contributed by atoms with Gasteiger partial charge in [-0.05, 0) is 54.5 Å². The Bertz CT molecular complexity index is 603. The predicted octanol–water partition coefficient (Wildman–Crippen LogP) is 2.05. The second-order valence-corrected chi connectivity index (χ2v) is 7.97. The maximum Gasteiger partial charge on any atom is 0.250 e. The summed E-state index contributed by atoms with van der Waals surface area (Å²) >= 11 is 2.89. The number of hydrogen-bond donors (Lipinski definition) is 2. The van der Waals surface area contributed by atoms with Gasteiger partial charge in [-0.15, -0.1) is 11.3 Å². The molecule has 0 aliphatic carbocycles. The normalized spacial score (nSPS) is 11.8. The molecule has 0 radical (unpaired) electrons. The topological polar surface area (TPSA) is 58.2 Å². The smallest absolute Gasteiger partial charge is 0.250 e. The molecular weight excluding hydrogens is 300 g/mol. The van der Waals surface area contributed by atoms with Crippen LogP contribution in [0.5, 0.6) is 0 Å². The molecular formula is C12H16N2O2S3. The van der Waals surface area contributed by atoms with Gasteiger partial charge >= 0.3 is 0 Å². The van der Waals surface area contributed by atoms with Gasteiger partial charge in [0.25, 0.3) is 0 Å². The van der Waals surface area contributed by atoms with E-state index >= 15 is 0 Å². The van der Waals surface area contributed by atoms with Crippen molar-refractivity contribution in [3.05, 3.63) is 39.4 Å². The summed E-state index contributed by atoms with van der Waals surface area (Å²) in [4.78, 5) is 1.07. The molecule has 0 fully saturated rings. The van der Waals surface area contributed by atoms with E-state index in [1.165, 1.54) is 11.3 Å². The zero-order valence-corrected chi connectivity index (χ0v) is 13.0. The summed E-state index contributed by atoms with van der Waals surface area (Å²) in [6.45, 7) is 1.19. The molecule has 0 saturated carbocycles. The Morgan fingerprint density at radius 3 is 2.79 bits per heavy atom. The van der Waals surface area contributed by atoms with E-state index in [0.717, 1.165) is 23.4 Å². The molecule has 2 aromatic rings. The average molecular weight is 316 g/mol. The summed E-state index contributed by atoms with van der Waals surface area (Å²) in [5.74, 6) is 0. The number of hydrogen-bond acceptors (Lipinski definition) is 5. The third-order valence-electron chi connectivity index (χ3n) is 2.57. The van der Waals surface area contributed by atoms with Gasteiger partial charge in [0, 0.05) is 11.4 Å². The van der Waals surface area contributed by atoms with E-state index in [1.54, 1.807) is 17.4 Å². The van der Waals surface area contributed by atoms with Gasteiger partial charge < -0.3 is 5.32 Å². The molecule has 2 N–H and O–H groups in total. The van der Waals surface area contributed by atoms with Crippen molar-refractivity contribution in [2.45, 2.75) is 17.2 Å². The van der Waals surface area contributed by atoms with Gasteiger partial charge in [0.2, 0.25) is 10.0 Å². The summed E-state index contributed by atoms with van der Waals surface area (Å²) in [5.41, 5.74) is 0.987. The third kappa shape index (κ3) is 4.12. The summed E-state index contributed by atoms with van der Waals surface area (Å²) in [6, 6.07) is 5.47. The second-order valence-electron chi connectivity index (χ2n) is 4.03. The summed E-state index contributed by atoms with van der Waals surface area (Å²) in [7, 11) is -1.51. The summed E-state index contributed by atoms with van der Waals surface area (Å²) in [5, 5.41) is 6.93. The van der Waals surface area contributed by atoms with E-state index in [9.17, 15) is 8.42 Å². The molecule has 0 saturated heterocycles. The minimum Gasteiger partial charge on any atom is -0.319 e. The summed E-state index contributed by atoms with van der Waals surface area (Å²) < 4.78 is 27.2. The lowest BCUT2D eigenvalue weighted by Crippen LogP contribution is -2.22. The Kier molecular flexibility index (Phi) is 5.12. The number of rotatable bonds is 7. The van der Waals surface area contributed by atoms with E-state index in [1.807, 2.05) is 29.9 Å². The van der Waals surface area contributed by atoms with E-state index in [4.69, 9.17) is 0 Å². The van der Waals surface area contributed by atoms with Gasteiger partial charge in [0.15, 0.2) is 0 Å². The molecule has 0 aliphatic rings. The van der Waals surface area contributed by atoms with Crippen LogP contribution in [0, 0.1) is 0 Å². The molecule has 19 heavy (non-hydrogen) atoms. The molecule has 2 aromatic heterocycles. The molecule has 0 atom stereocenters. The SMILES string of the molecule is CNCCc1ccc(S(=O)(=O)NCc2ccsc2)s1. The van der Waals surface area contributed by atoms with Crippen molar-refractivity contribution in [3.63, 3.8) is 0 Å². The molecule has 2 rings (SSSR count). The highest BCUT2D eigenvalue weighted by Gasteiger charge is 2.16. The van der Waals surface area contributed by atoms with Crippen LogP contribution < -0.4 is 10.0 Å². The van der Waals surface area contributed by atoms with E-state index in [0.29, 0.717) is 10.8 Å². The maximum absolute atomic E-state index is 12.1. The zero-order valence-electron chi connectivity index (χ0n) is 10.5. The lowest BCUT2D eigenvalue weighted by molar-refractivity contribution is 0.583. The van der Waals surface area contributed by atoms with Crippen LogP contribution in [0.4, 0.5) is 0 Å². The number of thiophene rings is 2. The molecule has 0 aliphatic heterocycles. The third-order valence-corrected chi connectivity index (χ3v) is 6.34. The fraction of sp³-hybridized carbons (Fsp3) is 0.333. The minimum absolute atomic E-state index is 0.343. The van der Waals surface area contributed by atoms with Crippen LogP contribution in [-0.4, -0.2) is 22.0 Å². The van der Waals surface area contributed by atoms with Gasteiger partial charge in [-0.3, -0.25) is 0 Å². The van der Waals surface area contributed by atoms with Crippen molar-refractivity contribution in [3.8, 4) is 0 Å². The van der Waals surface area contributed by atoms with E-state index in [2.05, 4.69) is 10.0 Å². The lowest BCUT2D eigenvalue weighted by atomic mass is 10.3. The van der Waals surface area contributed by atoms with E-state index < -0.39 is 10.0 Å². The van der Waals surface area contributed by atoms with Crippen LogP contribution >= 0.6 is 22.7 Å². The average Bonchev–Trinajstić information content (AvgIpc) is 3.05. The number of sulfonamides is 1. The Labute approximate surface area is 121 Å². The van der Waals surface area contributed by atoms with Crippen LogP contribution in [0.25, 0.3) is 0 Å². The fourth-order valence-electron chi connectivity index (χ4n) is 1.53. The first-order chi connectivity index (χ1) is 9.12. The summed E-state index contributed by atoms with van der Waals surface area (Å²) in [6.07, 6.45) is 0.848. The minimum atomic E-state index is -3.39. The van der Waals surface area contributed by atoms with Crippen molar-refractivity contribution < 1.29 is 8.42 Å². The Morgan fingerprint density at radius 1 is 1.26 bits per heavy atom. The molecule has 104 valence electrons. The van der Waals surface area contributed by atoms with Crippen LogP contribution in [0.1, 0.15) is 10.4 Å². The van der Waals surface area contributed by atoms with Crippen LogP contribution in [0.2, 0.25) is 0 Å². The first kappa shape index (κ1) is 14.7. The van der Waals surface area contributed by atoms with Gasteiger partial charge in [-0.2, -0.15) is 11.3 Å². The molecule has 0 unspecified atom stereocenters. The van der Waals surface area contributed by atoms with Crippen molar-refractivity contribution in [1.29, 1.82) is 0 Å². The molecule has 0 amide bonds. The lowest BCUT2D eigenvalue weighted by Gasteiger charge is -2.02. The predicted molar refractivity (Wildman–Crippen MR) is 80.3 cm³/mol. The quantitative estimate of drug-likeness (QED) is 0.822. The second kappa shape index (κ2) is 6.62. The van der Waals surface area contributed by atoms with Crippen molar-refractivity contribution in [1.82, 2.24) is 10.0 Å². The maximum atomic E-state index is 12.1. The largest absolute Gasteiger partial charge is 0.319 e. The van der Waals surface area contributed by atoms with Crippen molar-refractivity contribution in [2.75, 3.05) is 13.6 Å². The Balaban J connectivity index is 2.00. The number of nitrogens with one attached hydrogen (secondary N) is 2. The van der Waals surface area contributed by atoms with E-state index in [-0.39, 0.29) is 0 Å². The highest BCUT2D eigenvalue weighted by Crippen LogP contribution is 2.22. The highest BCUT2D eigenvalue weighted by atomic mass is 32.2. The Morgan fingerprint density at radius 2 is 2.11 bits per heavy atom. The van der Waals surface area contributed by atoms with Crippen molar-refractivity contribution in [2.24, 2.45) is 0 Å². The Hall–Kier alpha value is -0.730. The molecule has 2 heterocycles. The standard InChI is InChI=1S/C12H16N2O2S3/c1-13-6-4-11-2-3-12(18-11)19(15,16)14-8-10-5-7-17-9-10/h2-3,5,7,9,13-14H,4,6,8H2,1H3. The molecule has 0 bridgehead atoms. The van der Waals surface area contributed by atoms with Crippen molar-refractivity contribution >= 4 is 32.7 Å². The molecule has 7 heteroatoms. The molecule has 0 spiro atoms. The first-order valence-electron chi connectivity index (χ1n) is 5.86. The van der Waals surface area contributed by atoms with Gasteiger partial charge in [-0.25, -0.2) is 13.1 Å². The molecule has 4 nitrogen and oxygen atoms in total. The van der Waals surface area contributed by atoms with Crippen LogP contribution in [0.3, 0.4) is 0 Å². The monoisotopic (exact) mass is 316 g/mol. The van der Waals surface area contributed by atoms with Gasteiger partial charge in [0.05, 0.1) is 0 Å². The fourth-order valence-corrected chi connectivity index (χ4v) is 4.61. The molecule has 0 aromatic carbocycles. The number of likely N-dealkylation sites (N-methyl/N-ethyl adjacent to an activating group) is 1. The van der Waals surface area contributed by atoms with Crippen LogP contribution in [0.15, 0.2) is 33.2 Å². The zero-order chi connectivity index (χ0) is 13.7. The van der Waals surface area contributed by atoms with Gasteiger partial charge in [-0.1, -0.05) is 0 Å². The van der Waals surface area contributed by atoms with Crippen LogP contribution in [-0.2, 0) is 23.0 Å².